The summed E-state index contributed by atoms with van der Waals surface area (Å²) in [5.41, 5.74) is 2.20. The predicted molar refractivity (Wildman–Crippen MR) is 73.7 cm³/mol. The summed E-state index contributed by atoms with van der Waals surface area (Å²) in [6.07, 6.45) is 3.96. The van der Waals surface area contributed by atoms with E-state index in [2.05, 4.69) is 22.6 Å². The van der Waals surface area contributed by atoms with Crippen LogP contribution in [0.5, 0.6) is 5.75 Å². The van der Waals surface area contributed by atoms with Gasteiger partial charge in [0.05, 0.1) is 5.69 Å². The molecule has 1 heterocycles. The summed E-state index contributed by atoms with van der Waals surface area (Å²) in [5, 5.41) is 20.6. The summed E-state index contributed by atoms with van der Waals surface area (Å²) < 4.78 is 1.71. The van der Waals surface area contributed by atoms with Crippen molar-refractivity contribution in [3.63, 3.8) is 0 Å². The lowest BCUT2D eigenvalue weighted by Crippen LogP contribution is -2.26. The van der Waals surface area contributed by atoms with Gasteiger partial charge < -0.3 is 10.4 Å². The topological polar surface area (TPSA) is 63.0 Å². The first-order chi connectivity index (χ1) is 9.13. The molecule has 1 aromatic carbocycles. The Morgan fingerprint density at radius 2 is 2.05 bits per heavy atom. The molecule has 2 N–H and O–H groups in total. The molecule has 0 spiro atoms. The van der Waals surface area contributed by atoms with Crippen molar-refractivity contribution >= 4 is 0 Å². The van der Waals surface area contributed by atoms with Crippen molar-refractivity contribution in [2.45, 2.75) is 32.4 Å². The second-order valence-electron chi connectivity index (χ2n) is 4.87. The average Bonchev–Trinajstić information content (AvgIpc) is 2.81. The molecule has 0 fully saturated rings. The van der Waals surface area contributed by atoms with Gasteiger partial charge in [0.15, 0.2) is 0 Å². The Kier molecular flexibility index (Phi) is 4.52. The zero-order valence-electron chi connectivity index (χ0n) is 11.4. The SMILES string of the molecule is CC(CCc1ccc(O)cc1)NCc1cn(C)nn1. The largest absolute Gasteiger partial charge is 0.508 e. The normalized spacial score (nSPS) is 12.5. The number of aromatic hydroxyl groups is 1. The third kappa shape index (κ3) is 4.37. The summed E-state index contributed by atoms with van der Waals surface area (Å²) in [6.45, 7) is 2.90. The third-order valence-electron chi connectivity index (χ3n) is 3.08. The molecule has 0 aliphatic heterocycles. The lowest BCUT2D eigenvalue weighted by molar-refractivity contribution is 0.474. The minimum absolute atomic E-state index is 0.317. The van der Waals surface area contributed by atoms with Crippen LogP contribution < -0.4 is 5.32 Å². The van der Waals surface area contributed by atoms with E-state index in [0.717, 1.165) is 25.1 Å². The Hall–Kier alpha value is -1.88. The number of rotatable bonds is 6. The van der Waals surface area contributed by atoms with Crippen LogP contribution >= 0.6 is 0 Å². The second-order valence-corrected chi connectivity index (χ2v) is 4.87. The smallest absolute Gasteiger partial charge is 0.115 e. The van der Waals surface area contributed by atoms with E-state index < -0.39 is 0 Å². The summed E-state index contributed by atoms with van der Waals surface area (Å²) in [4.78, 5) is 0. The van der Waals surface area contributed by atoms with Crippen LogP contribution in [-0.2, 0) is 20.0 Å². The maximum Gasteiger partial charge on any atom is 0.115 e. The van der Waals surface area contributed by atoms with Crippen LogP contribution in [0.25, 0.3) is 0 Å². The maximum absolute atomic E-state index is 9.22. The molecule has 1 aromatic heterocycles. The van der Waals surface area contributed by atoms with Crippen LogP contribution in [0.3, 0.4) is 0 Å². The molecule has 1 atom stereocenters. The van der Waals surface area contributed by atoms with Gasteiger partial charge in [0, 0.05) is 25.8 Å². The van der Waals surface area contributed by atoms with Crippen LogP contribution in [-0.4, -0.2) is 26.1 Å². The quantitative estimate of drug-likeness (QED) is 0.828. The number of hydrogen-bond acceptors (Lipinski definition) is 4. The van der Waals surface area contributed by atoms with E-state index in [1.807, 2.05) is 25.4 Å². The number of hydrogen-bond donors (Lipinski definition) is 2. The first kappa shape index (κ1) is 13.5. The molecule has 0 aliphatic carbocycles. The second kappa shape index (κ2) is 6.33. The van der Waals surface area contributed by atoms with Crippen LogP contribution in [0.15, 0.2) is 30.5 Å². The number of benzene rings is 1. The van der Waals surface area contributed by atoms with E-state index >= 15 is 0 Å². The van der Waals surface area contributed by atoms with Gasteiger partial charge in [-0.2, -0.15) is 0 Å². The van der Waals surface area contributed by atoms with E-state index in [1.165, 1.54) is 5.56 Å². The molecule has 0 bridgehead atoms. The Balaban J connectivity index is 1.72. The van der Waals surface area contributed by atoms with E-state index in [4.69, 9.17) is 0 Å². The Labute approximate surface area is 113 Å². The van der Waals surface area contributed by atoms with Crippen LogP contribution in [0.1, 0.15) is 24.6 Å². The Morgan fingerprint density at radius 1 is 1.32 bits per heavy atom. The van der Waals surface area contributed by atoms with Gasteiger partial charge in [0.1, 0.15) is 5.75 Å². The molecule has 0 saturated heterocycles. The average molecular weight is 260 g/mol. The highest BCUT2D eigenvalue weighted by Crippen LogP contribution is 2.12. The van der Waals surface area contributed by atoms with Crippen molar-refractivity contribution in [3.8, 4) is 5.75 Å². The van der Waals surface area contributed by atoms with Gasteiger partial charge in [0.2, 0.25) is 0 Å². The summed E-state index contributed by atoms with van der Waals surface area (Å²) in [7, 11) is 1.87. The number of aryl methyl sites for hydroxylation is 2. The number of phenolic OH excluding ortho intramolecular Hbond substituents is 1. The van der Waals surface area contributed by atoms with E-state index in [0.29, 0.717) is 11.8 Å². The van der Waals surface area contributed by atoms with Crippen LogP contribution in [0, 0.1) is 0 Å². The van der Waals surface area contributed by atoms with Gasteiger partial charge in [0.25, 0.3) is 0 Å². The van der Waals surface area contributed by atoms with Crippen molar-refractivity contribution in [2.75, 3.05) is 0 Å². The molecule has 0 aliphatic rings. The number of phenols is 1. The predicted octanol–water partition coefficient (Wildman–Crippen LogP) is 1.63. The minimum Gasteiger partial charge on any atom is -0.508 e. The Morgan fingerprint density at radius 3 is 2.68 bits per heavy atom. The summed E-state index contributed by atoms with van der Waals surface area (Å²) in [6, 6.07) is 7.80. The van der Waals surface area contributed by atoms with Gasteiger partial charge in [-0.25, -0.2) is 0 Å². The standard InChI is InChI=1S/C14H20N4O/c1-11(15-9-13-10-18(2)17-16-13)3-4-12-5-7-14(19)8-6-12/h5-8,10-11,15,19H,3-4,9H2,1-2H3. The molecular weight excluding hydrogens is 240 g/mol. The van der Waals surface area contributed by atoms with Crippen molar-refractivity contribution in [3.05, 3.63) is 41.7 Å². The van der Waals surface area contributed by atoms with E-state index in [1.54, 1.807) is 16.8 Å². The fourth-order valence-corrected chi connectivity index (χ4v) is 1.90. The molecule has 19 heavy (non-hydrogen) atoms. The molecule has 102 valence electrons. The monoisotopic (exact) mass is 260 g/mol. The highest BCUT2D eigenvalue weighted by atomic mass is 16.3. The molecule has 5 heteroatoms. The van der Waals surface area contributed by atoms with Gasteiger partial charge in [-0.3, -0.25) is 4.68 Å². The third-order valence-corrected chi connectivity index (χ3v) is 3.08. The Bertz CT molecular complexity index is 506. The first-order valence-corrected chi connectivity index (χ1v) is 6.50. The molecule has 2 rings (SSSR count). The molecule has 0 radical (unpaired) electrons. The molecule has 0 saturated carbocycles. The zero-order chi connectivity index (χ0) is 13.7. The van der Waals surface area contributed by atoms with Crippen molar-refractivity contribution in [2.24, 2.45) is 7.05 Å². The van der Waals surface area contributed by atoms with Crippen molar-refractivity contribution in [1.82, 2.24) is 20.3 Å². The van der Waals surface area contributed by atoms with Crippen molar-refractivity contribution in [1.29, 1.82) is 0 Å². The number of aromatic nitrogens is 3. The molecule has 5 nitrogen and oxygen atoms in total. The summed E-state index contributed by atoms with van der Waals surface area (Å²) in [5.74, 6) is 0.317. The molecular formula is C14H20N4O. The van der Waals surface area contributed by atoms with Gasteiger partial charge in [-0.15, -0.1) is 5.10 Å². The number of nitrogens with zero attached hydrogens (tertiary/aromatic N) is 3. The van der Waals surface area contributed by atoms with Crippen LogP contribution in [0.4, 0.5) is 0 Å². The van der Waals surface area contributed by atoms with Gasteiger partial charge in [-0.05, 0) is 37.5 Å². The number of nitrogens with one attached hydrogen (secondary N) is 1. The maximum atomic E-state index is 9.22. The van der Waals surface area contributed by atoms with Crippen molar-refractivity contribution < 1.29 is 5.11 Å². The molecule has 2 aromatic rings. The fourth-order valence-electron chi connectivity index (χ4n) is 1.90. The van der Waals surface area contributed by atoms with Crippen LogP contribution in [0.2, 0.25) is 0 Å². The lowest BCUT2D eigenvalue weighted by atomic mass is 10.1. The van der Waals surface area contributed by atoms with E-state index in [9.17, 15) is 5.11 Å². The van der Waals surface area contributed by atoms with Gasteiger partial charge in [-0.1, -0.05) is 17.3 Å². The molecule has 1 unspecified atom stereocenters. The highest BCUT2D eigenvalue weighted by molar-refractivity contribution is 5.25. The fraction of sp³-hybridized carbons (Fsp3) is 0.429. The highest BCUT2D eigenvalue weighted by Gasteiger charge is 2.04. The van der Waals surface area contributed by atoms with E-state index in [-0.39, 0.29) is 0 Å². The minimum atomic E-state index is 0.317. The lowest BCUT2D eigenvalue weighted by Gasteiger charge is -2.12. The zero-order valence-corrected chi connectivity index (χ0v) is 11.4. The first-order valence-electron chi connectivity index (χ1n) is 6.50. The van der Waals surface area contributed by atoms with Gasteiger partial charge >= 0.3 is 0 Å². The molecule has 0 amide bonds. The summed E-state index contributed by atoms with van der Waals surface area (Å²) >= 11 is 0.